The second-order valence-electron chi connectivity index (χ2n) is 7.16. The molecule has 0 aliphatic carbocycles. The van der Waals surface area contributed by atoms with Gasteiger partial charge in [-0.15, -0.1) is 0 Å². The summed E-state index contributed by atoms with van der Waals surface area (Å²) in [5, 5.41) is 4.26. The first-order valence-corrected chi connectivity index (χ1v) is 9.80. The van der Waals surface area contributed by atoms with Crippen molar-refractivity contribution in [1.82, 2.24) is 18.9 Å². The largest absolute Gasteiger partial charge is 0.452 e. The van der Waals surface area contributed by atoms with Gasteiger partial charge in [-0.05, 0) is 43.3 Å². The first-order valence-electron chi connectivity index (χ1n) is 9.80. The van der Waals surface area contributed by atoms with E-state index in [0.29, 0.717) is 17.1 Å². The van der Waals surface area contributed by atoms with Crippen LogP contribution >= 0.6 is 0 Å². The highest BCUT2D eigenvalue weighted by Gasteiger charge is 2.32. The number of hydrogen-bond acceptors (Lipinski definition) is 4. The number of ether oxygens (including phenoxy) is 1. The zero-order valence-electron chi connectivity index (χ0n) is 17.9. The predicted octanol–water partition coefficient (Wildman–Crippen LogP) is 4.98. The van der Waals surface area contributed by atoms with Crippen molar-refractivity contribution in [3.63, 3.8) is 0 Å². The third-order valence-corrected chi connectivity index (χ3v) is 5.18. The summed E-state index contributed by atoms with van der Waals surface area (Å²) in [5.74, 6) is 0. The summed E-state index contributed by atoms with van der Waals surface area (Å²) in [6.07, 6.45) is -4.17. The Balaban J connectivity index is 1.98. The van der Waals surface area contributed by atoms with Gasteiger partial charge >= 0.3 is 18.0 Å². The summed E-state index contributed by atoms with van der Waals surface area (Å²) < 4.78 is 47.8. The molecule has 0 amide bonds. The molecule has 0 bridgehead atoms. The number of carbonyl (C=O) groups excluding carboxylic acids is 1. The third kappa shape index (κ3) is 3.75. The highest BCUT2D eigenvalue weighted by molar-refractivity contribution is 5.79. The lowest BCUT2D eigenvalue weighted by atomic mass is 10.2. The van der Waals surface area contributed by atoms with Crippen LogP contribution in [-0.4, -0.2) is 32.1 Å². The van der Waals surface area contributed by atoms with E-state index in [-0.39, 0.29) is 17.1 Å². The molecule has 0 unspecified atom stereocenters. The van der Waals surface area contributed by atoms with E-state index in [9.17, 15) is 22.8 Å². The molecule has 2 aromatic heterocycles. The van der Waals surface area contributed by atoms with Gasteiger partial charge in [0.05, 0.1) is 48.2 Å². The minimum atomic E-state index is -4.61. The molecule has 2 heterocycles. The molecule has 2 aromatic carbocycles. The predicted molar refractivity (Wildman–Crippen MR) is 116 cm³/mol. The van der Waals surface area contributed by atoms with Gasteiger partial charge in [-0.1, -0.05) is 18.2 Å². The molecule has 0 saturated carbocycles. The summed E-state index contributed by atoms with van der Waals surface area (Å²) in [6.45, 7) is 8.60. The standard InChI is InChI=1S/C23H16F3N5O3/c1-14-20(19-11-12-28-31(19)17-9-7-16(27-2)8-10-17)30(22(33)34-3)21(32)29(14)18-6-4-5-15(13-18)23(24,25)26/h4-13H,1,3H3. The summed E-state index contributed by atoms with van der Waals surface area (Å²) >= 11 is 0. The van der Waals surface area contributed by atoms with Crippen molar-refractivity contribution in [2.24, 2.45) is 0 Å². The van der Waals surface area contributed by atoms with Crippen LogP contribution < -0.4 is 5.69 Å². The molecule has 0 radical (unpaired) electrons. The first-order chi connectivity index (χ1) is 16.2. The van der Waals surface area contributed by atoms with E-state index in [1.54, 1.807) is 30.3 Å². The molecular formula is C23H16F3N5O3. The van der Waals surface area contributed by atoms with Gasteiger partial charge in [0.1, 0.15) is 5.69 Å². The van der Waals surface area contributed by atoms with Gasteiger partial charge < -0.3 is 4.74 Å². The molecule has 0 saturated heterocycles. The Kier molecular flexibility index (Phi) is 5.58. The van der Waals surface area contributed by atoms with Crippen molar-refractivity contribution < 1.29 is 22.7 Å². The molecule has 4 rings (SSSR count). The number of methoxy groups -OCH3 is 1. The van der Waals surface area contributed by atoms with Gasteiger partial charge in [-0.3, -0.25) is 4.57 Å². The smallest absolute Gasteiger partial charge is 0.422 e. The zero-order chi connectivity index (χ0) is 24.6. The minimum absolute atomic E-state index is 0.0614. The minimum Gasteiger partial charge on any atom is -0.452 e. The van der Waals surface area contributed by atoms with Crippen molar-refractivity contribution in [2.45, 2.75) is 13.1 Å². The van der Waals surface area contributed by atoms with Gasteiger partial charge in [-0.2, -0.15) is 22.8 Å². The zero-order valence-corrected chi connectivity index (χ0v) is 17.9. The molecule has 11 heteroatoms. The Hall–Kier alpha value is -4.59. The summed E-state index contributed by atoms with van der Waals surface area (Å²) in [6, 6.07) is 12.3. The van der Waals surface area contributed by atoms with Crippen molar-refractivity contribution in [3.8, 4) is 22.8 Å². The molecule has 0 aliphatic heterocycles. The van der Waals surface area contributed by atoms with E-state index in [1.807, 2.05) is 0 Å². The van der Waals surface area contributed by atoms with E-state index in [0.717, 1.165) is 28.4 Å². The number of imidazole rings is 1. The fourth-order valence-corrected chi connectivity index (χ4v) is 3.65. The Labute approximate surface area is 190 Å². The maximum Gasteiger partial charge on any atom is 0.422 e. The monoisotopic (exact) mass is 467 g/mol. The van der Waals surface area contributed by atoms with Crippen LogP contribution in [0.3, 0.4) is 0 Å². The van der Waals surface area contributed by atoms with E-state index in [2.05, 4.69) is 9.94 Å². The number of hydrogen-bond donors (Lipinski definition) is 0. The lowest BCUT2D eigenvalue weighted by Gasteiger charge is -2.11. The fourth-order valence-electron chi connectivity index (χ4n) is 3.65. The van der Waals surface area contributed by atoms with Crippen molar-refractivity contribution >= 4 is 11.8 Å². The van der Waals surface area contributed by atoms with E-state index < -0.39 is 23.5 Å². The van der Waals surface area contributed by atoms with Crippen molar-refractivity contribution in [1.29, 1.82) is 0 Å². The van der Waals surface area contributed by atoms with E-state index >= 15 is 0 Å². The van der Waals surface area contributed by atoms with Crippen molar-refractivity contribution in [2.75, 3.05) is 7.11 Å². The number of nitrogens with zero attached hydrogens (tertiary/aromatic N) is 5. The molecular weight excluding hydrogens is 451 g/mol. The van der Waals surface area contributed by atoms with Gasteiger partial charge in [0, 0.05) is 0 Å². The van der Waals surface area contributed by atoms with Crippen molar-refractivity contribution in [3.05, 3.63) is 94.0 Å². The summed E-state index contributed by atoms with van der Waals surface area (Å²) in [4.78, 5) is 29.2. The number of halogens is 3. The Morgan fingerprint density at radius 1 is 1.09 bits per heavy atom. The van der Waals surface area contributed by atoms with E-state index in [4.69, 9.17) is 11.3 Å². The lowest BCUT2D eigenvalue weighted by Crippen LogP contribution is -2.29. The molecule has 0 N–H and O–H groups in total. The topological polar surface area (TPSA) is 75.4 Å². The second-order valence-corrected chi connectivity index (χ2v) is 7.16. The van der Waals surface area contributed by atoms with Crippen LogP contribution in [0.15, 0.2) is 65.6 Å². The number of alkyl halides is 3. The van der Waals surface area contributed by atoms with Crippen LogP contribution in [0.4, 0.5) is 23.7 Å². The number of benzene rings is 2. The van der Waals surface area contributed by atoms with Gasteiger partial charge in [0.2, 0.25) is 0 Å². The molecule has 0 aliphatic rings. The fraction of sp³-hybridized carbons (Fsp3) is 0.130. The quantitative estimate of drug-likeness (QED) is 0.398. The van der Waals surface area contributed by atoms with Gasteiger partial charge in [0.15, 0.2) is 5.69 Å². The first kappa shape index (κ1) is 22.6. The number of aromatic nitrogens is 4. The average molecular weight is 467 g/mol. The molecule has 0 fully saturated rings. The van der Waals surface area contributed by atoms with Crippen LogP contribution in [0.5, 0.6) is 0 Å². The summed E-state index contributed by atoms with van der Waals surface area (Å²) in [5.41, 5.74) is -0.313. The third-order valence-electron chi connectivity index (χ3n) is 5.18. The molecule has 34 heavy (non-hydrogen) atoms. The maximum atomic E-state index is 13.3. The van der Waals surface area contributed by atoms with Crippen LogP contribution in [0, 0.1) is 13.5 Å². The average Bonchev–Trinajstić information content (AvgIpc) is 3.40. The van der Waals surface area contributed by atoms with Gasteiger partial charge in [0.25, 0.3) is 0 Å². The normalized spacial score (nSPS) is 11.3. The molecule has 0 spiro atoms. The molecule has 4 aromatic rings. The van der Waals surface area contributed by atoms with Crippen LogP contribution in [-0.2, 0) is 10.9 Å². The highest BCUT2D eigenvalue weighted by atomic mass is 19.4. The SMILES string of the molecule is [C-]#[N+]c1ccc(-n2nccc2-c2c(C)n(-c3cccc(C(F)(F)F)c3)c(=O)n2C(=O)OC)cc1. The number of carbonyl (C=O) groups is 1. The Bertz CT molecular complexity index is 1490. The lowest BCUT2D eigenvalue weighted by molar-refractivity contribution is -0.137. The Morgan fingerprint density at radius 2 is 1.79 bits per heavy atom. The number of rotatable bonds is 3. The maximum absolute atomic E-state index is 13.3. The summed E-state index contributed by atoms with van der Waals surface area (Å²) in [7, 11) is 1.09. The van der Waals surface area contributed by atoms with E-state index in [1.165, 1.54) is 29.9 Å². The second kappa shape index (κ2) is 8.40. The van der Waals surface area contributed by atoms with Crippen LogP contribution in [0.1, 0.15) is 11.3 Å². The molecule has 8 nitrogen and oxygen atoms in total. The molecule has 0 atom stereocenters. The Morgan fingerprint density at radius 3 is 2.41 bits per heavy atom. The highest BCUT2D eigenvalue weighted by Crippen LogP contribution is 2.32. The van der Waals surface area contributed by atoms with Gasteiger partial charge in [-0.25, -0.2) is 19.1 Å². The van der Waals surface area contributed by atoms with Crippen LogP contribution in [0.25, 0.3) is 27.6 Å². The van der Waals surface area contributed by atoms with Crippen LogP contribution in [0.2, 0.25) is 0 Å². The molecule has 172 valence electrons.